The highest BCUT2D eigenvalue weighted by Gasteiger charge is 2.28. The van der Waals surface area contributed by atoms with Crippen molar-refractivity contribution in [3.63, 3.8) is 0 Å². The number of likely N-dealkylation sites (tertiary alicyclic amines) is 1. The number of carbonyl (C=O) groups excluding carboxylic acids is 2. The number of benzene rings is 1. The lowest BCUT2D eigenvalue weighted by atomic mass is 9.95. The molecular weight excluding hydrogens is 320 g/mol. The molecule has 3 rings (SSSR count). The number of ether oxygens (including phenoxy) is 2. The minimum Gasteiger partial charge on any atom is -0.497 e. The first kappa shape index (κ1) is 17.7. The van der Waals surface area contributed by atoms with E-state index in [1.165, 1.54) is 0 Å². The summed E-state index contributed by atoms with van der Waals surface area (Å²) in [6.07, 6.45) is 2.46. The van der Waals surface area contributed by atoms with Crippen LogP contribution in [0.2, 0.25) is 0 Å². The number of methoxy groups -OCH3 is 1. The van der Waals surface area contributed by atoms with Crippen LogP contribution >= 0.6 is 0 Å². The van der Waals surface area contributed by atoms with Crippen molar-refractivity contribution < 1.29 is 19.1 Å². The summed E-state index contributed by atoms with van der Waals surface area (Å²) in [6.45, 7) is 3.48. The maximum absolute atomic E-state index is 12.5. The molecule has 6 nitrogen and oxygen atoms in total. The van der Waals surface area contributed by atoms with Gasteiger partial charge in [0.2, 0.25) is 5.91 Å². The number of nitrogens with one attached hydrogen (secondary N) is 1. The summed E-state index contributed by atoms with van der Waals surface area (Å²) in [5, 5.41) is 3.05. The molecule has 0 aliphatic carbocycles. The van der Waals surface area contributed by atoms with E-state index in [1.807, 2.05) is 4.90 Å². The molecule has 0 spiro atoms. The Balaban J connectivity index is 1.45. The Kier molecular flexibility index (Phi) is 5.91. The Morgan fingerprint density at radius 3 is 2.52 bits per heavy atom. The first-order chi connectivity index (χ1) is 12.2. The first-order valence-electron chi connectivity index (χ1n) is 8.96. The topological polar surface area (TPSA) is 67.9 Å². The van der Waals surface area contributed by atoms with Crippen molar-refractivity contribution >= 4 is 11.8 Å². The SMILES string of the molecule is COc1ccc(C(=O)N2CCC(C(=O)NC[C@H]3CCOC3)CC2)cc1. The van der Waals surface area contributed by atoms with Crippen molar-refractivity contribution in [2.45, 2.75) is 19.3 Å². The average molecular weight is 346 g/mol. The third-order valence-corrected chi connectivity index (χ3v) is 5.08. The Morgan fingerprint density at radius 1 is 1.20 bits per heavy atom. The van der Waals surface area contributed by atoms with Gasteiger partial charge in [0, 0.05) is 43.6 Å². The van der Waals surface area contributed by atoms with E-state index in [0.29, 0.717) is 31.1 Å². The van der Waals surface area contributed by atoms with Gasteiger partial charge in [-0.2, -0.15) is 0 Å². The van der Waals surface area contributed by atoms with E-state index in [2.05, 4.69) is 5.32 Å². The van der Waals surface area contributed by atoms with Crippen LogP contribution in [0.5, 0.6) is 5.75 Å². The van der Waals surface area contributed by atoms with E-state index in [9.17, 15) is 9.59 Å². The smallest absolute Gasteiger partial charge is 0.253 e. The molecule has 0 saturated carbocycles. The number of hydrogen-bond donors (Lipinski definition) is 1. The molecule has 2 saturated heterocycles. The van der Waals surface area contributed by atoms with Gasteiger partial charge < -0.3 is 19.7 Å². The largest absolute Gasteiger partial charge is 0.497 e. The molecule has 0 aromatic heterocycles. The lowest BCUT2D eigenvalue weighted by Gasteiger charge is -2.31. The zero-order valence-electron chi connectivity index (χ0n) is 14.7. The first-order valence-corrected chi connectivity index (χ1v) is 8.96. The molecule has 6 heteroatoms. The molecule has 2 amide bonds. The highest BCUT2D eigenvalue weighted by atomic mass is 16.5. The van der Waals surface area contributed by atoms with Gasteiger partial charge in [0.1, 0.15) is 5.75 Å². The molecule has 1 aromatic rings. The molecule has 2 aliphatic heterocycles. The molecule has 2 heterocycles. The number of nitrogens with zero attached hydrogens (tertiary/aromatic N) is 1. The monoisotopic (exact) mass is 346 g/mol. The van der Waals surface area contributed by atoms with Crippen LogP contribution in [0.15, 0.2) is 24.3 Å². The Hall–Kier alpha value is -2.08. The van der Waals surface area contributed by atoms with Crippen molar-refractivity contribution in [3.8, 4) is 5.75 Å². The maximum atomic E-state index is 12.5. The quantitative estimate of drug-likeness (QED) is 0.881. The molecular formula is C19H26N2O4. The van der Waals surface area contributed by atoms with Gasteiger partial charge in [-0.15, -0.1) is 0 Å². The van der Waals surface area contributed by atoms with Gasteiger partial charge in [0.05, 0.1) is 13.7 Å². The van der Waals surface area contributed by atoms with Crippen LogP contribution < -0.4 is 10.1 Å². The minimum atomic E-state index is 0.00207. The van der Waals surface area contributed by atoms with E-state index in [1.54, 1.807) is 31.4 Å². The van der Waals surface area contributed by atoms with Crippen LogP contribution in [-0.4, -0.2) is 56.7 Å². The Labute approximate surface area is 148 Å². The molecule has 1 aromatic carbocycles. The highest BCUT2D eigenvalue weighted by Crippen LogP contribution is 2.21. The minimum absolute atomic E-state index is 0.00207. The van der Waals surface area contributed by atoms with Crippen LogP contribution in [-0.2, 0) is 9.53 Å². The fourth-order valence-corrected chi connectivity index (χ4v) is 3.39. The van der Waals surface area contributed by atoms with Crippen LogP contribution in [0.1, 0.15) is 29.6 Å². The highest BCUT2D eigenvalue weighted by molar-refractivity contribution is 5.94. The van der Waals surface area contributed by atoms with Gasteiger partial charge in [-0.05, 0) is 43.5 Å². The average Bonchev–Trinajstić information content (AvgIpc) is 3.19. The summed E-state index contributed by atoms with van der Waals surface area (Å²) in [7, 11) is 1.60. The zero-order chi connectivity index (χ0) is 17.6. The third kappa shape index (κ3) is 4.51. The number of hydrogen-bond acceptors (Lipinski definition) is 4. The summed E-state index contributed by atoms with van der Waals surface area (Å²) in [4.78, 5) is 26.7. The number of rotatable bonds is 5. The normalized spacial score (nSPS) is 21.2. The van der Waals surface area contributed by atoms with Gasteiger partial charge in [-0.1, -0.05) is 0 Å². The standard InChI is InChI=1S/C19H26N2O4/c1-24-17-4-2-16(3-5-17)19(23)21-9-6-15(7-10-21)18(22)20-12-14-8-11-25-13-14/h2-5,14-15H,6-13H2,1H3,(H,20,22)/t14-/m1/s1. The van der Waals surface area contributed by atoms with Gasteiger partial charge in [-0.3, -0.25) is 9.59 Å². The lowest BCUT2D eigenvalue weighted by Crippen LogP contribution is -2.43. The second kappa shape index (κ2) is 8.34. The fraction of sp³-hybridized carbons (Fsp3) is 0.579. The summed E-state index contributed by atoms with van der Waals surface area (Å²) in [5.74, 6) is 1.32. The van der Waals surface area contributed by atoms with E-state index in [-0.39, 0.29) is 17.7 Å². The van der Waals surface area contributed by atoms with Gasteiger partial charge >= 0.3 is 0 Å². The van der Waals surface area contributed by atoms with Crippen molar-refractivity contribution in [2.75, 3.05) is 40.0 Å². The van der Waals surface area contributed by atoms with E-state index < -0.39 is 0 Å². The molecule has 25 heavy (non-hydrogen) atoms. The fourth-order valence-electron chi connectivity index (χ4n) is 3.39. The van der Waals surface area contributed by atoms with Crippen molar-refractivity contribution in [2.24, 2.45) is 11.8 Å². The second-order valence-electron chi connectivity index (χ2n) is 6.77. The predicted molar refractivity (Wildman–Crippen MR) is 93.6 cm³/mol. The van der Waals surface area contributed by atoms with E-state index in [0.717, 1.165) is 38.2 Å². The van der Waals surface area contributed by atoms with Gasteiger partial charge in [0.15, 0.2) is 0 Å². The van der Waals surface area contributed by atoms with Gasteiger partial charge in [-0.25, -0.2) is 0 Å². The second-order valence-corrected chi connectivity index (χ2v) is 6.77. The number of carbonyl (C=O) groups is 2. The molecule has 0 unspecified atom stereocenters. The molecule has 136 valence electrons. The lowest BCUT2D eigenvalue weighted by molar-refractivity contribution is -0.126. The van der Waals surface area contributed by atoms with Crippen LogP contribution in [0.4, 0.5) is 0 Å². The number of piperidine rings is 1. The van der Waals surface area contributed by atoms with Crippen molar-refractivity contribution in [1.82, 2.24) is 10.2 Å². The van der Waals surface area contributed by atoms with Gasteiger partial charge in [0.25, 0.3) is 5.91 Å². The molecule has 1 atom stereocenters. The summed E-state index contributed by atoms with van der Waals surface area (Å²) in [5.41, 5.74) is 0.657. The zero-order valence-corrected chi connectivity index (χ0v) is 14.7. The van der Waals surface area contributed by atoms with Crippen molar-refractivity contribution in [3.05, 3.63) is 29.8 Å². The van der Waals surface area contributed by atoms with E-state index in [4.69, 9.17) is 9.47 Å². The van der Waals surface area contributed by atoms with Crippen LogP contribution in [0, 0.1) is 11.8 Å². The third-order valence-electron chi connectivity index (χ3n) is 5.08. The summed E-state index contributed by atoms with van der Waals surface area (Å²) in [6, 6.07) is 7.15. The summed E-state index contributed by atoms with van der Waals surface area (Å²) < 4.78 is 10.4. The van der Waals surface area contributed by atoms with Crippen molar-refractivity contribution in [1.29, 1.82) is 0 Å². The Bertz CT molecular complexity index is 588. The molecule has 2 aliphatic rings. The number of amides is 2. The van der Waals surface area contributed by atoms with Crippen LogP contribution in [0.3, 0.4) is 0 Å². The molecule has 0 bridgehead atoms. The summed E-state index contributed by atoms with van der Waals surface area (Å²) >= 11 is 0. The maximum Gasteiger partial charge on any atom is 0.253 e. The van der Waals surface area contributed by atoms with Crippen LogP contribution in [0.25, 0.3) is 0 Å². The molecule has 2 fully saturated rings. The van der Waals surface area contributed by atoms with E-state index >= 15 is 0 Å². The molecule has 0 radical (unpaired) electrons. The molecule has 1 N–H and O–H groups in total. The predicted octanol–water partition coefficient (Wildman–Crippen LogP) is 1.70. The Morgan fingerprint density at radius 2 is 1.92 bits per heavy atom.